The molecular weight excluding hydrogens is 311 g/mol. The van der Waals surface area contributed by atoms with Crippen molar-refractivity contribution in [2.75, 3.05) is 13.1 Å². The van der Waals surface area contributed by atoms with Crippen LogP contribution >= 0.6 is 0 Å². The van der Waals surface area contributed by atoms with Gasteiger partial charge in [-0.3, -0.25) is 9.59 Å². The minimum atomic E-state index is -1.26. The molecular formula is C18H23FN2O3. The molecule has 3 N–H and O–H groups in total. The van der Waals surface area contributed by atoms with Gasteiger partial charge in [0, 0.05) is 13.1 Å². The third kappa shape index (κ3) is 3.02. The summed E-state index contributed by atoms with van der Waals surface area (Å²) in [6, 6.07) is 6.21. The highest BCUT2D eigenvalue weighted by Gasteiger charge is 2.49. The van der Waals surface area contributed by atoms with Gasteiger partial charge in [-0.05, 0) is 43.4 Å². The number of halogens is 1. The summed E-state index contributed by atoms with van der Waals surface area (Å²) in [4.78, 5) is 26.0. The second-order valence-electron chi connectivity index (χ2n) is 7.14. The first kappa shape index (κ1) is 16.9. The molecule has 6 heteroatoms. The Balaban J connectivity index is 1.83. The predicted octanol–water partition coefficient (Wildman–Crippen LogP) is 1.48. The van der Waals surface area contributed by atoms with Crippen LogP contribution in [0.4, 0.5) is 4.39 Å². The normalized spacial score (nSPS) is 25.8. The number of hydrogen-bond acceptors (Lipinski definition) is 3. The van der Waals surface area contributed by atoms with Gasteiger partial charge in [0.15, 0.2) is 0 Å². The number of likely N-dealkylation sites (tertiary alicyclic amines) is 1. The predicted molar refractivity (Wildman–Crippen MR) is 86.5 cm³/mol. The molecule has 3 rings (SSSR count). The summed E-state index contributed by atoms with van der Waals surface area (Å²) in [6.45, 7) is 0.642. The van der Waals surface area contributed by atoms with E-state index in [0.29, 0.717) is 37.8 Å². The first-order valence-corrected chi connectivity index (χ1v) is 8.41. The van der Waals surface area contributed by atoms with Crippen LogP contribution in [0.25, 0.3) is 0 Å². The van der Waals surface area contributed by atoms with Crippen LogP contribution in [0.2, 0.25) is 0 Å². The number of hydrogen-bond donors (Lipinski definition) is 2. The van der Waals surface area contributed by atoms with E-state index in [-0.39, 0.29) is 24.7 Å². The summed E-state index contributed by atoms with van der Waals surface area (Å²) >= 11 is 0. The maximum Gasteiger partial charge on any atom is 0.233 e. The zero-order chi connectivity index (χ0) is 17.4. The molecule has 1 atom stereocenters. The first-order valence-electron chi connectivity index (χ1n) is 8.41. The van der Waals surface area contributed by atoms with E-state index in [9.17, 15) is 19.1 Å². The average Bonchev–Trinajstić information content (AvgIpc) is 2.44. The van der Waals surface area contributed by atoms with Gasteiger partial charge in [0.05, 0.1) is 17.4 Å². The highest BCUT2D eigenvalue weighted by molar-refractivity contribution is 5.89. The lowest BCUT2D eigenvalue weighted by molar-refractivity contribution is -0.150. The van der Waals surface area contributed by atoms with Gasteiger partial charge in [-0.15, -0.1) is 0 Å². The molecule has 0 radical (unpaired) electrons. The molecule has 0 bridgehead atoms. The number of primary amides is 1. The van der Waals surface area contributed by atoms with E-state index in [1.54, 1.807) is 17.0 Å². The van der Waals surface area contributed by atoms with Gasteiger partial charge in [0.2, 0.25) is 11.8 Å². The number of carbonyl (C=O) groups is 2. The van der Waals surface area contributed by atoms with Crippen LogP contribution in [0.3, 0.4) is 0 Å². The molecule has 2 aliphatic rings. The summed E-state index contributed by atoms with van der Waals surface area (Å²) in [5.41, 5.74) is 3.96. The van der Waals surface area contributed by atoms with Crippen LogP contribution in [0.1, 0.15) is 44.1 Å². The van der Waals surface area contributed by atoms with Crippen LogP contribution < -0.4 is 5.73 Å². The minimum absolute atomic E-state index is 0.0815. The third-order valence-corrected chi connectivity index (χ3v) is 5.34. The minimum Gasteiger partial charge on any atom is -0.388 e. The molecule has 0 aromatic heterocycles. The maximum absolute atomic E-state index is 13.6. The lowest BCUT2D eigenvalue weighted by atomic mass is 9.63. The van der Waals surface area contributed by atoms with Crippen molar-refractivity contribution >= 4 is 11.8 Å². The van der Waals surface area contributed by atoms with Crippen molar-refractivity contribution < 1.29 is 19.1 Å². The third-order valence-electron chi connectivity index (χ3n) is 5.34. The van der Waals surface area contributed by atoms with E-state index >= 15 is 0 Å². The molecule has 24 heavy (non-hydrogen) atoms. The standard InChI is InChI=1S/C18H23FN2O3/c19-14-5-1-4-13(10-14)18(7-2-8-18)16(23)21-9-3-6-17(24,12-21)11-15(20)22/h1,4-5,10,24H,2-3,6-9,11-12H2,(H2,20,22). The van der Waals surface area contributed by atoms with E-state index in [1.165, 1.54) is 12.1 Å². The number of nitrogens with zero attached hydrogens (tertiary/aromatic N) is 1. The largest absolute Gasteiger partial charge is 0.388 e. The molecule has 1 aliphatic carbocycles. The molecule has 1 aliphatic heterocycles. The van der Waals surface area contributed by atoms with Crippen molar-refractivity contribution in [1.82, 2.24) is 4.90 Å². The maximum atomic E-state index is 13.6. The number of benzene rings is 1. The number of nitrogens with two attached hydrogens (primary N) is 1. The number of amides is 2. The quantitative estimate of drug-likeness (QED) is 0.875. The second-order valence-corrected chi connectivity index (χ2v) is 7.14. The van der Waals surface area contributed by atoms with E-state index in [4.69, 9.17) is 5.73 Å². The number of aliphatic hydroxyl groups is 1. The van der Waals surface area contributed by atoms with Crippen molar-refractivity contribution in [1.29, 1.82) is 0 Å². The van der Waals surface area contributed by atoms with Crippen LogP contribution in [-0.2, 0) is 15.0 Å². The van der Waals surface area contributed by atoms with Crippen LogP contribution in [0.15, 0.2) is 24.3 Å². The fraction of sp³-hybridized carbons (Fsp3) is 0.556. The summed E-state index contributed by atoms with van der Waals surface area (Å²) < 4.78 is 13.6. The van der Waals surface area contributed by atoms with Gasteiger partial charge < -0.3 is 15.7 Å². The molecule has 1 aromatic rings. The Morgan fingerprint density at radius 3 is 2.58 bits per heavy atom. The van der Waals surface area contributed by atoms with E-state index in [1.807, 2.05) is 0 Å². The van der Waals surface area contributed by atoms with Crippen molar-refractivity contribution in [3.05, 3.63) is 35.6 Å². The monoisotopic (exact) mass is 334 g/mol. The highest BCUT2D eigenvalue weighted by atomic mass is 19.1. The highest BCUT2D eigenvalue weighted by Crippen LogP contribution is 2.46. The van der Waals surface area contributed by atoms with Crippen LogP contribution in [0, 0.1) is 5.82 Å². The summed E-state index contributed by atoms with van der Waals surface area (Å²) in [6.07, 6.45) is 3.20. The van der Waals surface area contributed by atoms with Crippen LogP contribution in [-0.4, -0.2) is 40.5 Å². The Kier molecular flexibility index (Phi) is 4.34. The molecule has 1 unspecified atom stereocenters. The van der Waals surface area contributed by atoms with Crippen LogP contribution in [0.5, 0.6) is 0 Å². The Hall–Kier alpha value is -1.95. The Morgan fingerprint density at radius 1 is 1.25 bits per heavy atom. The molecule has 1 saturated heterocycles. The Morgan fingerprint density at radius 2 is 2.00 bits per heavy atom. The topological polar surface area (TPSA) is 83.6 Å². The first-order chi connectivity index (χ1) is 11.3. The van der Waals surface area contributed by atoms with Crippen molar-refractivity contribution in [3.8, 4) is 0 Å². The summed E-state index contributed by atoms with van der Waals surface area (Å²) in [5.74, 6) is -1.01. The van der Waals surface area contributed by atoms with Crippen molar-refractivity contribution in [2.45, 2.75) is 49.5 Å². The zero-order valence-electron chi connectivity index (χ0n) is 13.6. The van der Waals surface area contributed by atoms with Gasteiger partial charge in [-0.25, -0.2) is 4.39 Å². The number of rotatable bonds is 4. The Labute approximate surface area is 140 Å². The molecule has 2 fully saturated rings. The van der Waals surface area contributed by atoms with Gasteiger partial charge in [0.1, 0.15) is 5.82 Å². The smallest absolute Gasteiger partial charge is 0.233 e. The fourth-order valence-corrected chi connectivity index (χ4v) is 4.00. The average molecular weight is 334 g/mol. The molecule has 1 aromatic carbocycles. The van der Waals surface area contributed by atoms with Crippen molar-refractivity contribution in [2.24, 2.45) is 5.73 Å². The van der Waals surface area contributed by atoms with E-state index in [2.05, 4.69) is 0 Å². The number of β-amino-alcohol motifs (C(OH)–C–C–N with tert-alkyl or cyclic N) is 1. The van der Waals surface area contributed by atoms with Gasteiger partial charge >= 0.3 is 0 Å². The lowest BCUT2D eigenvalue weighted by Gasteiger charge is -2.47. The molecule has 5 nitrogen and oxygen atoms in total. The molecule has 1 saturated carbocycles. The fourth-order valence-electron chi connectivity index (χ4n) is 4.00. The lowest BCUT2D eigenvalue weighted by Crippen LogP contribution is -2.58. The Bertz CT molecular complexity index is 659. The molecule has 0 spiro atoms. The molecule has 130 valence electrons. The van der Waals surface area contributed by atoms with Crippen molar-refractivity contribution in [3.63, 3.8) is 0 Å². The SMILES string of the molecule is NC(=O)CC1(O)CCCN(C(=O)C2(c3cccc(F)c3)CCC2)C1. The number of piperidine rings is 1. The summed E-state index contributed by atoms with van der Waals surface area (Å²) in [5, 5.41) is 10.6. The summed E-state index contributed by atoms with van der Waals surface area (Å²) in [7, 11) is 0. The zero-order valence-corrected chi connectivity index (χ0v) is 13.6. The molecule has 2 amide bonds. The second kappa shape index (κ2) is 6.16. The van der Waals surface area contributed by atoms with E-state index < -0.39 is 16.9 Å². The van der Waals surface area contributed by atoms with Gasteiger partial charge in [0.25, 0.3) is 0 Å². The van der Waals surface area contributed by atoms with Gasteiger partial charge in [-0.1, -0.05) is 18.6 Å². The molecule has 1 heterocycles. The number of carbonyl (C=O) groups excluding carboxylic acids is 2. The van der Waals surface area contributed by atoms with E-state index in [0.717, 1.165) is 6.42 Å². The van der Waals surface area contributed by atoms with Gasteiger partial charge in [-0.2, -0.15) is 0 Å².